The molecule has 0 spiro atoms. The molecule has 6 heteroatoms. The van der Waals surface area contributed by atoms with Crippen molar-refractivity contribution < 1.29 is 18.0 Å². The molecule has 19 heavy (non-hydrogen) atoms. The molecule has 1 aromatic carbocycles. The molecule has 0 saturated carbocycles. The van der Waals surface area contributed by atoms with Gasteiger partial charge in [-0.1, -0.05) is 18.2 Å². The van der Waals surface area contributed by atoms with Crippen LogP contribution in [0.4, 0.5) is 0 Å². The number of hydrogen-bond acceptors (Lipinski definition) is 4. The molecule has 0 N–H and O–H groups in total. The first-order valence-electron chi connectivity index (χ1n) is 5.78. The van der Waals surface area contributed by atoms with Crippen LogP contribution in [0, 0.1) is 6.92 Å². The second-order valence-electron chi connectivity index (χ2n) is 4.76. The van der Waals surface area contributed by atoms with Gasteiger partial charge < -0.3 is 0 Å². The number of nitrogens with zero attached hydrogens (tertiary/aromatic N) is 1. The molecule has 0 bridgehead atoms. The van der Waals surface area contributed by atoms with Gasteiger partial charge in [-0.3, -0.25) is 9.63 Å². The van der Waals surface area contributed by atoms with Crippen LogP contribution in [0.15, 0.2) is 29.2 Å². The fraction of sp³-hybridized carbons (Fsp3) is 0.462. The summed E-state index contributed by atoms with van der Waals surface area (Å²) in [5, 5.41) is 0.926. The lowest BCUT2D eigenvalue weighted by atomic mass is 10.2. The lowest BCUT2D eigenvalue weighted by Crippen LogP contribution is -2.48. The van der Waals surface area contributed by atoms with E-state index in [0.29, 0.717) is 5.56 Å². The molecule has 0 aliphatic heterocycles. The van der Waals surface area contributed by atoms with Crippen LogP contribution in [-0.2, 0) is 19.5 Å². The van der Waals surface area contributed by atoms with Crippen molar-refractivity contribution in [2.24, 2.45) is 0 Å². The van der Waals surface area contributed by atoms with Gasteiger partial charge in [-0.2, -0.15) is 0 Å². The zero-order valence-electron chi connectivity index (χ0n) is 11.8. The van der Waals surface area contributed by atoms with E-state index in [4.69, 9.17) is 4.84 Å². The maximum atomic E-state index is 12.6. The van der Waals surface area contributed by atoms with E-state index in [0.717, 1.165) is 5.06 Å². The number of hydrogen-bond donors (Lipinski definition) is 0. The predicted octanol–water partition coefficient (Wildman–Crippen LogP) is 1.57. The number of benzene rings is 1. The van der Waals surface area contributed by atoms with Crippen LogP contribution in [0.3, 0.4) is 0 Å². The van der Waals surface area contributed by atoms with Gasteiger partial charge in [0.2, 0.25) is 0 Å². The minimum absolute atomic E-state index is 0.165. The average molecular weight is 285 g/mol. The van der Waals surface area contributed by atoms with Gasteiger partial charge in [0.05, 0.1) is 12.0 Å². The molecule has 0 heterocycles. The van der Waals surface area contributed by atoms with E-state index in [9.17, 15) is 13.2 Å². The highest BCUT2D eigenvalue weighted by atomic mass is 32.2. The Morgan fingerprint density at radius 1 is 1.26 bits per heavy atom. The smallest absolute Gasteiger partial charge is 0.267 e. The Balaban J connectivity index is 3.35. The normalized spacial score (nSPS) is 12.3. The van der Waals surface area contributed by atoms with Gasteiger partial charge in [-0.05, 0) is 32.4 Å². The van der Waals surface area contributed by atoms with E-state index in [1.807, 2.05) is 0 Å². The summed E-state index contributed by atoms with van der Waals surface area (Å²) in [5.41, 5.74) is 0.614. The molecule has 0 fully saturated rings. The van der Waals surface area contributed by atoms with E-state index < -0.39 is 20.5 Å². The van der Waals surface area contributed by atoms with Crippen LogP contribution in [0.25, 0.3) is 0 Å². The highest BCUT2D eigenvalue weighted by molar-refractivity contribution is 7.93. The van der Waals surface area contributed by atoms with Crippen molar-refractivity contribution in [1.29, 1.82) is 0 Å². The number of rotatable bonds is 4. The first-order chi connectivity index (χ1) is 8.66. The number of carbonyl (C=O) groups is 1. The summed E-state index contributed by atoms with van der Waals surface area (Å²) in [6.07, 6.45) is 0. The molecule has 0 aromatic heterocycles. The summed E-state index contributed by atoms with van der Waals surface area (Å²) in [6.45, 7) is 4.47. The molecule has 0 radical (unpaired) electrons. The maximum absolute atomic E-state index is 12.6. The van der Waals surface area contributed by atoms with Gasteiger partial charge in [0.1, 0.15) is 0 Å². The Bertz CT molecular complexity index is 578. The molecular weight excluding hydrogens is 266 g/mol. The minimum Gasteiger partial charge on any atom is -0.275 e. The number of amides is 1. The zero-order valence-corrected chi connectivity index (χ0v) is 12.6. The predicted molar refractivity (Wildman–Crippen MR) is 72.2 cm³/mol. The molecule has 0 aliphatic rings. The number of hydroxylamine groups is 2. The third kappa shape index (κ3) is 2.64. The van der Waals surface area contributed by atoms with Gasteiger partial charge in [0, 0.05) is 7.05 Å². The summed E-state index contributed by atoms with van der Waals surface area (Å²) in [4.78, 5) is 17.1. The van der Waals surface area contributed by atoms with E-state index >= 15 is 0 Å². The number of carbonyl (C=O) groups excluding carboxylic acids is 1. The molecule has 0 atom stereocenters. The molecule has 106 valence electrons. The summed E-state index contributed by atoms with van der Waals surface area (Å²) in [6, 6.07) is 6.60. The third-order valence-electron chi connectivity index (χ3n) is 3.13. The van der Waals surface area contributed by atoms with Crippen molar-refractivity contribution in [1.82, 2.24) is 5.06 Å². The van der Waals surface area contributed by atoms with E-state index in [2.05, 4.69) is 0 Å². The first kappa shape index (κ1) is 15.7. The Kier molecular flexibility index (Phi) is 4.37. The third-order valence-corrected chi connectivity index (χ3v) is 5.69. The van der Waals surface area contributed by atoms with Crippen molar-refractivity contribution >= 4 is 15.7 Å². The SMILES string of the molecule is CON(C)C(=O)C(C)(C)S(=O)(=O)c1ccccc1C. The molecule has 1 rings (SSSR count). The van der Waals surface area contributed by atoms with Crippen molar-refractivity contribution in [3.05, 3.63) is 29.8 Å². The Hall–Kier alpha value is -1.40. The van der Waals surface area contributed by atoms with E-state index in [1.165, 1.54) is 34.1 Å². The fourth-order valence-electron chi connectivity index (χ4n) is 1.71. The standard InChI is InChI=1S/C13H19NO4S/c1-10-8-6-7-9-11(10)19(16,17)13(2,3)12(15)14(4)18-5/h6-9H,1-5H3. The van der Waals surface area contributed by atoms with Gasteiger partial charge in [0.15, 0.2) is 14.6 Å². The molecule has 1 aromatic rings. The largest absolute Gasteiger partial charge is 0.275 e. The Morgan fingerprint density at radius 3 is 2.26 bits per heavy atom. The highest BCUT2D eigenvalue weighted by Gasteiger charge is 2.45. The molecule has 5 nitrogen and oxygen atoms in total. The number of sulfone groups is 1. The lowest BCUT2D eigenvalue weighted by molar-refractivity contribution is -0.170. The summed E-state index contributed by atoms with van der Waals surface area (Å²) in [5.74, 6) is -0.613. The van der Waals surface area contributed by atoms with Crippen LogP contribution in [0.1, 0.15) is 19.4 Å². The Morgan fingerprint density at radius 2 is 1.79 bits per heavy atom. The van der Waals surface area contributed by atoms with E-state index in [-0.39, 0.29) is 4.90 Å². The monoisotopic (exact) mass is 285 g/mol. The molecule has 0 unspecified atom stereocenters. The van der Waals surface area contributed by atoms with Crippen LogP contribution in [-0.4, -0.2) is 38.3 Å². The lowest BCUT2D eigenvalue weighted by Gasteiger charge is -2.28. The summed E-state index contributed by atoms with van der Waals surface area (Å²) in [7, 11) is -1.09. The van der Waals surface area contributed by atoms with Gasteiger partial charge in [-0.25, -0.2) is 13.5 Å². The van der Waals surface area contributed by atoms with Crippen LogP contribution >= 0.6 is 0 Å². The fourth-order valence-corrected chi connectivity index (χ4v) is 3.37. The average Bonchev–Trinajstić information content (AvgIpc) is 2.36. The van der Waals surface area contributed by atoms with Crippen molar-refractivity contribution in [2.75, 3.05) is 14.2 Å². The quantitative estimate of drug-likeness (QED) is 0.788. The first-order valence-corrected chi connectivity index (χ1v) is 7.27. The molecule has 0 saturated heterocycles. The van der Waals surface area contributed by atoms with Crippen molar-refractivity contribution in [3.8, 4) is 0 Å². The van der Waals surface area contributed by atoms with Gasteiger partial charge in [0.25, 0.3) is 5.91 Å². The number of aryl methyl sites for hydroxylation is 1. The summed E-state index contributed by atoms with van der Waals surface area (Å²) >= 11 is 0. The molecular formula is C13H19NO4S. The second kappa shape index (κ2) is 5.30. The van der Waals surface area contributed by atoms with Crippen LogP contribution in [0.2, 0.25) is 0 Å². The van der Waals surface area contributed by atoms with Crippen molar-refractivity contribution in [2.45, 2.75) is 30.4 Å². The topological polar surface area (TPSA) is 63.7 Å². The zero-order chi connectivity index (χ0) is 14.8. The second-order valence-corrected chi connectivity index (χ2v) is 7.23. The maximum Gasteiger partial charge on any atom is 0.267 e. The van der Waals surface area contributed by atoms with Crippen LogP contribution < -0.4 is 0 Å². The molecule has 1 amide bonds. The highest BCUT2D eigenvalue weighted by Crippen LogP contribution is 2.29. The van der Waals surface area contributed by atoms with Crippen molar-refractivity contribution in [3.63, 3.8) is 0 Å². The molecule has 0 aliphatic carbocycles. The van der Waals surface area contributed by atoms with E-state index in [1.54, 1.807) is 25.1 Å². The van der Waals surface area contributed by atoms with Gasteiger partial charge in [-0.15, -0.1) is 0 Å². The van der Waals surface area contributed by atoms with Crippen LogP contribution in [0.5, 0.6) is 0 Å². The van der Waals surface area contributed by atoms with Gasteiger partial charge >= 0.3 is 0 Å². The summed E-state index contributed by atoms with van der Waals surface area (Å²) < 4.78 is 23.7. The Labute approximate surface area is 114 Å². The minimum atomic E-state index is -3.79.